The van der Waals surface area contributed by atoms with Gasteiger partial charge in [0.1, 0.15) is 5.75 Å². The lowest BCUT2D eigenvalue weighted by Gasteiger charge is -2.08. The van der Waals surface area contributed by atoms with Gasteiger partial charge in [0.15, 0.2) is 0 Å². The molecule has 0 saturated heterocycles. The second kappa shape index (κ2) is 8.49. The van der Waals surface area contributed by atoms with Crippen LogP contribution in [0.5, 0.6) is 5.75 Å². The molecule has 1 aromatic carbocycles. The number of hydrogen-bond donors (Lipinski definition) is 3. The third-order valence-corrected chi connectivity index (χ3v) is 2.95. The summed E-state index contributed by atoms with van der Waals surface area (Å²) in [6.07, 6.45) is 2.51. The number of hydrogen-bond acceptors (Lipinski definition) is 4. The van der Waals surface area contributed by atoms with Crippen molar-refractivity contribution in [2.75, 3.05) is 25.0 Å². The quantitative estimate of drug-likeness (QED) is 0.697. The minimum Gasteiger partial charge on any atom is -0.493 e. The van der Waals surface area contributed by atoms with Crippen LogP contribution >= 0.6 is 12.4 Å². The maximum atomic E-state index is 11.5. The van der Waals surface area contributed by atoms with Gasteiger partial charge in [0, 0.05) is 5.69 Å². The third-order valence-electron chi connectivity index (χ3n) is 2.95. The van der Waals surface area contributed by atoms with Gasteiger partial charge in [-0.15, -0.1) is 12.4 Å². The molecule has 0 radical (unpaired) electrons. The van der Waals surface area contributed by atoms with Crippen LogP contribution in [0.15, 0.2) is 24.3 Å². The molecule has 0 aromatic heterocycles. The van der Waals surface area contributed by atoms with Crippen molar-refractivity contribution in [1.82, 2.24) is 5.32 Å². The fraction of sp³-hybridized carbons (Fsp3) is 0.429. The van der Waals surface area contributed by atoms with Crippen LogP contribution in [0, 0.1) is 5.92 Å². The molecule has 0 atom stereocenters. The number of carbonyl (C=O) groups excluding carboxylic acids is 2. The summed E-state index contributed by atoms with van der Waals surface area (Å²) in [5.41, 5.74) is 5.79. The molecule has 0 heterocycles. The Labute approximate surface area is 129 Å². The van der Waals surface area contributed by atoms with Crippen molar-refractivity contribution in [3.63, 3.8) is 0 Å². The fourth-order valence-corrected chi connectivity index (χ4v) is 1.59. The molecule has 7 heteroatoms. The summed E-state index contributed by atoms with van der Waals surface area (Å²) in [6.45, 7) is 0.549. The summed E-state index contributed by atoms with van der Waals surface area (Å²) in [5, 5.41) is 5.08. The molecule has 0 aliphatic heterocycles. The predicted octanol–water partition coefficient (Wildman–Crippen LogP) is 0.911. The van der Waals surface area contributed by atoms with Crippen molar-refractivity contribution in [1.29, 1.82) is 0 Å². The molecule has 1 fully saturated rings. The third kappa shape index (κ3) is 6.46. The molecule has 2 rings (SSSR count). The van der Waals surface area contributed by atoms with Crippen molar-refractivity contribution in [2.45, 2.75) is 12.8 Å². The Balaban J connectivity index is 0.00000220. The van der Waals surface area contributed by atoms with E-state index in [9.17, 15) is 9.59 Å². The lowest BCUT2D eigenvalue weighted by Crippen LogP contribution is -2.36. The summed E-state index contributed by atoms with van der Waals surface area (Å²) < 4.78 is 5.60. The minimum atomic E-state index is -0.357. The Kier molecular flexibility index (Phi) is 6.98. The van der Waals surface area contributed by atoms with Crippen molar-refractivity contribution in [3.05, 3.63) is 24.3 Å². The second-order valence-electron chi connectivity index (χ2n) is 4.81. The number of rotatable bonds is 7. The number of amides is 2. The Morgan fingerprint density at radius 3 is 2.43 bits per heavy atom. The summed E-state index contributed by atoms with van der Waals surface area (Å²) in [7, 11) is 0. The number of anilines is 1. The summed E-state index contributed by atoms with van der Waals surface area (Å²) in [4.78, 5) is 22.5. The van der Waals surface area contributed by atoms with Crippen LogP contribution in [0.3, 0.4) is 0 Å². The van der Waals surface area contributed by atoms with Crippen LogP contribution in [0.1, 0.15) is 12.8 Å². The van der Waals surface area contributed by atoms with Gasteiger partial charge in [-0.25, -0.2) is 0 Å². The van der Waals surface area contributed by atoms with Crippen LogP contribution in [0.2, 0.25) is 0 Å². The molecule has 116 valence electrons. The highest BCUT2D eigenvalue weighted by Gasteiger charge is 2.21. The first-order chi connectivity index (χ1) is 9.67. The van der Waals surface area contributed by atoms with Gasteiger partial charge in [-0.2, -0.15) is 0 Å². The number of nitrogens with two attached hydrogens (primary N) is 1. The van der Waals surface area contributed by atoms with E-state index in [0.29, 0.717) is 11.6 Å². The molecule has 1 aliphatic carbocycles. The van der Waals surface area contributed by atoms with E-state index in [-0.39, 0.29) is 37.3 Å². The first-order valence-corrected chi connectivity index (χ1v) is 6.67. The zero-order chi connectivity index (χ0) is 14.4. The largest absolute Gasteiger partial charge is 0.493 e. The smallest absolute Gasteiger partial charge is 0.243 e. The maximum Gasteiger partial charge on any atom is 0.243 e. The zero-order valence-corrected chi connectivity index (χ0v) is 12.4. The second-order valence-corrected chi connectivity index (χ2v) is 4.81. The van der Waals surface area contributed by atoms with Gasteiger partial charge in [-0.1, -0.05) is 0 Å². The molecule has 0 unspecified atom stereocenters. The lowest BCUT2D eigenvalue weighted by atomic mass is 10.3. The van der Waals surface area contributed by atoms with Crippen molar-refractivity contribution >= 4 is 29.9 Å². The van der Waals surface area contributed by atoms with Gasteiger partial charge < -0.3 is 21.1 Å². The molecule has 0 bridgehead atoms. The fourth-order valence-electron chi connectivity index (χ4n) is 1.59. The molecule has 1 saturated carbocycles. The average Bonchev–Trinajstić information content (AvgIpc) is 3.28. The van der Waals surface area contributed by atoms with Crippen molar-refractivity contribution < 1.29 is 14.3 Å². The van der Waals surface area contributed by atoms with Gasteiger partial charge in [0.05, 0.1) is 19.7 Å². The SMILES string of the molecule is Cl.NCC(=O)NCC(=O)Nc1ccc(OCC2CC2)cc1. The zero-order valence-electron chi connectivity index (χ0n) is 11.6. The number of benzene rings is 1. The van der Waals surface area contributed by atoms with Gasteiger partial charge in [-0.05, 0) is 43.0 Å². The number of halogens is 1. The summed E-state index contributed by atoms with van der Waals surface area (Å²) >= 11 is 0. The van der Waals surface area contributed by atoms with E-state index in [1.807, 2.05) is 12.1 Å². The molecule has 21 heavy (non-hydrogen) atoms. The highest BCUT2D eigenvalue weighted by atomic mass is 35.5. The van der Waals surface area contributed by atoms with E-state index in [1.165, 1.54) is 12.8 Å². The van der Waals surface area contributed by atoms with Crippen LogP contribution in [-0.4, -0.2) is 31.5 Å². The summed E-state index contributed by atoms with van der Waals surface area (Å²) in [5.74, 6) is 0.856. The number of nitrogens with one attached hydrogen (secondary N) is 2. The average molecular weight is 314 g/mol. The standard InChI is InChI=1S/C14H19N3O3.ClH/c15-7-13(18)16-8-14(19)17-11-3-5-12(6-4-11)20-9-10-1-2-10;/h3-6,10H,1-2,7-9,15H2,(H,16,18)(H,17,19);1H. The highest BCUT2D eigenvalue weighted by molar-refractivity contribution is 5.94. The van der Waals surface area contributed by atoms with Crippen molar-refractivity contribution in [3.8, 4) is 5.75 Å². The van der Waals surface area contributed by atoms with E-state index in [4.69, 9.17) is 10.5 Å². The lowest BCUT2D eigenvalue weighted by molar-refractivity contribution is -0.123. The summed E-state index contributed by atoms with van der Waals surface area (Å²) in [6, 6.07) is 7.17. The molecule has 0 spiro atoms. The molecule has 1 aromatic rings. The molecule has 2 amide bonds. The highest BCUT2D eigenvalue weighted by Crippen LogP contribution is 2.29. The van der Waals surface area contributed by atoms with E-state index in [1.54, 1.807) is 12.1 Å². The molecular formula is C14H20ClN3O3. The predicted molar refractivity (Wildman–Crippen MR) is 82.6 cm³/mol. The molecule has 1 aliphatic rings. The van der Waals surface area contributed by atoms with Crippen LogP contribution in [0.4, 0.5) is 5.69 Å². The van der Waals surface area contributed by atoms with Gasteiger partial charge >= 0.3 is 0 Å². The Morgan fingerprint density at radius 1 is 1.19 bits per heavy atom. The van der Waals surface area contributed by atoms with Crippen LogP contribution < -0.4 is 21.1 Å². The van der Waals surface area contributed by atoms with Gasteiger partial charge in [-0.3, -0.25) is 9.59 Å². The van der Waals surface area contributed by atoms with E-state index in [2.05, 4.69) is 10.6 Å². The first kappa shape index (κ1) is 17.3. The van der Waals surface area contributed by atoms with E-state index < -0.39 is 0 Å². The number of carbonyl (C=O) groups is 2. The van der Waals surface area contributed by atoms with Gasteiger partial charge in [0.2, 0.25) is 11.8 Å². The molecule has 4 N–H and O–H groups in total. The van der Waals surface area contributed by atoms with Crippen LogP contribution in [-0.2, 0) is 9.59 Å². The monoisotopic (exact) mass is 313 g/mol. The molecular weight excluding hydrogens is 294 g/mol. The Bertz CT molecular complexity index is 475. The maximum absolute atomic E-state index is 11.5. The minimum absolute atomic E-state index is 0. The Morgan fingerprint density at radius 2 is 1.86 bits per heavy atom. The van der Waals surface area contributed by atoms with E-state index in [0.717, 1.165) is 12.4 Å². The first-order valence-electron chi connectivity index (χ1n) is 6.67. The number of ether oxygens (including phenoxy) is 1. The molecule has 6 nitrogen and oxygen atoms in total. The van der Waals surface area contributed by atoms with Gasteiger partial charge in [0.25, 0.3) is 0 Å². The van der Waals surface area contributed by atoms with E-state index >= 15 is 0 Å². The van der Waals surface area contributed by atoms with Crippen molar-refractivity contribution in [2.24, 2.45) is 11.7 Å². The van der Waals surface area contributed by atoms with Crippen LogP contribution in [0.25, 0.3) is 0 Å². The normalized spacial score (nSPS) is 13.0. The Hall–Kier alpha value is -1.79. The topological polar surface area (TPSA) is 93.5 Å².